The summed E-state index contributed by atoms with van der Waals surface area (Å²) in [6.45, 7) is 5.73. The van der Waals surface area contributed by atoms with Crippen LogP contribution in [-0.2, 0) is 33.3 Å². The molecule has 0 radical (unpaired) electrons. The van der Waals surface area contributed by atoms with Gasteiger partial charge in [-0.1, -0.05) is 0 Å². The molecule has 148 valence electrons. The number of hydrogen-bond donors (Lipinski definition) is 0. The summed E-state index contributed by atoms with van der Waals surface area (Å²) in [5, 5.41) is 0. The Bertz CT molecular complexity index is 665. The summed E-state index contributed by atoms with van der Waals surface area (Å²) in [7, 11) is -7.16. The van der Waals surface area contributed by atoms with Crippen LogP contribution in [0.5, 0.6) is 0 Å². The lowest BCUT2D eigenvalue weighted by Crippen LogP contribution is -2.35. The SMILES string of the molecule is CC(C)(C)OC(=O)N1CC(CCOS(C)(=O)=O)C(COS(C)(=O)=O)C1. The van der Waals surface area contributed by atoms with E-state index in [4.69, 9.17) is 13.1 Å². The average Bonchev–Trinajstić information content (AvgIpc) is 2.75. The van der Waals surface area contributed by atoms with Crippen LogP contribution in [0.4, 0.5) is 4.79 Å². The van der Waals surface area contributed by atoms with Gasteiger partial charge >= 0.3 is 6.09 Å². The first-order valence-corrected chi connectivity index (χ1v) is 11.5. The third-order valence-corrected chi connectivity index (χ3v) is 4.67. The molecule has 25 heavy (non-hydrogen) atoms. The van der Waals surface area contributed by atoms with E-state index in [0.717, 1.165) is 12.5 Å². The van der Waals surface area contributed by atoms with Crippen molar-refractivity contribution in [2.24, 2.45) is 11.8 Å². The quantitative estimate of drug-likeness (QED) is 0.576. The summed E-state index contributed by atoms with van der Waals surface area (Å²) in [5.74, 6) is -0.415. The fraction of sp³-hybridized carbons (Fsp3) is 0.929. The molecular weight excluding hydrogens is 374 g/mol. The average molecular weight is 402 g/mol. The Kier molecular flexibility index (Phi) is 7.25. The molecule has 0 N–H and O–H groups in total. The third-order valence-electron chi connectivity index (χ3n) is 3.51. The van der Waals surface area contributed by atoms with Crippen molar-refractivity contribution in [3.05, 3.63) is 0 Å². The van der Waals surface area contributed by atoms with Gasteiger partial charge in [-0.15, -0.1) is 0 Å². The molecule has 1 heterocycles. The molecule has 1 aliphatic rings. The van der Waals surface area contributed by atoms with E-state index >= 15 is 0 Å². The van der Waals surface area contributed by atoms with Gasteiger partial charge in [-0.2, -0.15) is 16.8 Å². The number of nitrogens with zero attached hydrogens (tertiary/aromatic N) is 1. The number of hydrogen-bond acceptors (Lipinski definition) is 8. The Morgan fingerprint density at radius 2 is 1.52 bits per heavy atom. The van der Waals surface area contributed by atoms with Crippen LogP contribution in [0.1, 0.15) is 27.2 Å². The molecule has 2 atom stereocenters. The summed E-state index contributed by atoms with van der Waals surface area (Å²) < 4.78 is 59.5. The normalized spacial score (nSPS) is 22.2. The minimum absolute atomic E-state index is 0.0406. The van der Waals surface area contributed by atoms with E-state index in [1.807, 2.05) is 0 Å². The van der Waals surface area contributed by atoms with Crippen molar-refractivity contribution >= 4 is 26.3 Å². The lowest BCUT2D eigenvalue weighted by molar-refractivity contribution is 0.0281. The first-order valence-electron chi connectivity index (χ1n) is 7.83. The van der Waals surface area contributed by atoms with Crippen LogP contribution in [0.15, 0.2) is 0 Å². The zero-order valence-corrected chi connectivity index (χ0v) is 16.9. The van der Waals surface area contributed by atoms with E-state index < -0.39 is 31.9 Å². The smallest absolute Gasteiger partial charge is 0.410 e. The molecule has 1 fully saturated rings. The molecule has 0 aliphatic carbocycles. The second-order valence-electron chi connectivity index (χ2n) is 7.21. The van der Waals surface area contributed by atoms with Crippen LogP contribution < -0.4 is 0 Å². The molecule has 1 aliphatic heterocycles. The number of carbonyl (C=O) groups excluding carboxylic acids is 1. The fourth-order valence-electron chi connectivity index (χ4n) is 2.49. The standard InChI is InChI=1S/C14H27NO8S2/c1-14(2,3)23-13(16)15-8-11(6-7-21-24(4,17)18)12(9-15)10-22-25(5,19)20/h11-12H,6-10H2,1-5H3. The molecular formula is C14H27NO8S2. The van der Waals surface area contributed by atoms with Gasteiger partial charge in [-0.25, -0.2) is 4.79 Å². The lowest BCUT2D eigenvalue weighted by atomic mass is 9.94. The zero-order valence-electron chi connectivity index (χ0n) is 15.2. The number of amides is 1. The summed E-state index contributed by atoms with van der Waals surface area (Å²) >= 11 is 0. The maximum absolute atomic E-state index is 12.2. The summed E-state index contributed by atoms with van der Waals surface area (Å²) in [4.78, 5) is 13.7. The number of carbonyl (C=O) groups is 1. The molecule has 0 bridgehead atoms. The molecule has 0 aromatic rings. The Labute approximate surface area is 149 Å². The van der Waals surface area contributed by atoms with E-state index in [9.17, 15) is 21.6 Å². The predicted molar refractivity (Wildman–Crippen MR) is 91.0 cm³/mol. The van der Waals surface area contributed by atoms with Crippen molar-refractivity contribution < 1.29 is 34.7 Å². The van der Waals surface area contributed by atoms with E-state index in [1.165, 1.54) is 4.90 Å². The maximum atomic E-state index is 12.2. The van der Waals surface area contributed by atoms with E-state index in [0.29, 0.717) is 13.0 Å². The molecule has 11 heteroatoms. The number of likely N-dealkylation sites (tertiary alicyclic amines) is 1. The highest BCUT2D eigenvalue weighted by atomic mass is 32.2. The van der Waals surface area contributed by atoms with Crippen molar-refractivity contribution in [3.8, 4) is 0 Å². The van der Waals surface area contributed by atoms with Crippen molar-refractivity contribution in [1.82, 2.24) is 4.90 Å². The van der Waals surface area contributed by atoms with Crippen molar-refractivity contribution in [2.45, 2.75) is 32.8 Å². The second kappa shape index (κ2) is 8.19. The van der Waals surface area contributed by atoms with Gasteiger partial charge < -0.3 is 9.64 Å². The predicted octanol–water partition coefficient (Wildman–Crippen LogP) is 0.812. The van der Waals surface area contributed by atoms with Gasteiger partial charge in [0.2, 0.25) is 0 Å². The van der Waals surface area contributed by atoms with Crippen LogP contribution in [0, 0.1) is 11.8 Å². The highest BCUT2D eigenvalue weighted by Crippen LogP contribution is 2.28. The highest BCUT2D eigenvalue weighted by molar-refractivity contribution is 7.86. The largest absolute Gasteiger partial charge is 0.444 e. The molecule has 1 saturated heterocycles. The van der Waals surface area contributed by atoms with Gasteiger partial charge in [0.05, 0.1) is 25.7 Å². The molecule has 0 saturated carbocycles. The van der Waals surface area contributed by atoms with Crippen LogP contribution in [0.25, 0.3) is 0 Å². The Hall–Kier alpha value is -0.910. The van der Waals surface area contributed by atoms with Crippen LogP contribution >= 0.6 is 0 Å². The Morgan fingerprint density at radius 1 is 1.00 bits per heavy atom. The first-order chi connectivity index (χ1) is 11.2. The molecule has 9 nitrogen and oxygen atoms in total. The van der Waals surface area contributed by atoms with E-state index in [-0.39, 0.29) is 31.6 Å². The van der Waals surface area contributed by atoms with Gasteiger partial charge in [0.15, 0.2) is 0 Å². The van der Waals surface area contributed by atoms with Gasteiger partial charge in [0.25, 0.3) is 20.2 Å². The van der Waals surface area contributed by atoms with Gasteiger partial charge in [0, 0.05) is 19.0 Å². The van der Waals surface area contributed by atoms with E-state index in [2.05, 4.69) is 0 Å². The topological polar surface area (TPSA) is 116 Å². The second-order valence-corrected chi connectivity index (χ2v) is 10.5. The van der Waals surface area contributed by atoms with Gasteiger partial charge in [-0.05, 0) is 33.1 Å². The van der Waals surface area contributed by atoms with Crippen LogP contribution in [0.3, 0.4) is 0 Å². The van der Waals surface area contributed by atoms with Crippen LogP contribution in [-0.4, -0.2) is 72.2 Å². The number of rotatable bonds is 7. The summed E-state index contributed by atoms with van der Waals surface area (Å²) in [6.07, 6.45) is 1.77. The Balaban J connectivity index is 2.73. The molecule has 1 rings (SSSR count). The van der Waals surface area contributed by atoms with Crippen molar-refractivity contribution in [2.75, 3.05) is 38.8 Å². The monoisotopic (exact) mass is 401 g/mol. The fourth-order valence-corrected chi connectivity index (χ4v) is 3.31. The molecule has 0 spiro atoms. The highest BCUT2D eigenvalue weighted by Gasteiger charge is 2.37. The van der Waals surface area contributed by atoms with Crippen LogP contribution in [0.2, 0.25) is 0 Å². The lowest BCUT2D eigenvalue weighted by Gasteiger charge is -2.24. The third kappa shape index (κ3) is 9.38. The minimum atomic E-state index is -3.61. The van der Waals surface area contributed by atoms with Gasteiger partial charge in [-0.3, -0.25) is 8.37 Å². The van der Waals surface area contributed by atoms with E-state index in [1.54, 1.807) is 20.8 Å². The van der Waals surface area contributed by atoms with Gasteiger partial charge in [0.1, 0.15) is 5.60 Å². The summed E-state index contributed by atoms with van der Waals surface area (Å²) in [5.41, 5.74) is -0.646. The minimum Gasteiger partial charge on any atom is -0.444 e. The summed E-state index contributed by atoms with van der Waals surface area (Å²) in [6, 6.07) is 0. The number of ether oxygens (including phenoxy) is 1. The first kappa shape index (κ1) is 22.1. The Morgan fingerprint density at radius 3 is 2.00 bits per heavy atom. The molecule has 2 unspecified atom stereocenters. The molecule has 1 amide bonds. The zero-order chi connectivity index (χ0) is 19.5. The van der Waals surface area contributed by atoms with Crippen molar-refractivity contribution in [3.63, 3.8) is 0 Å². The molecule has 0 aromatic heterocycles. The molecule has 0 aromatic carbocycles. The maximum Gasteiger partial charge on any atom is 0.410 e. The van der Waals surface area contributed by atoms with Crippen molar-refractivity contribution in [1.29, 1.82) is 0 Å².